The van der Waals surface area contributed by atoms with Gasteiger partial charge in [0.15, 0.2) is 11.5 Å². The number of sulfonamides is 1. The highest BCUT2D eigenvalue weighted by Crippen LogP contribution is 2.34. The minimum Gasteiger partial charge on any atom is -0.494 e. The smallest absolute Gasteiger partial charge is 0.245 e. The lowest BCUT2D eigenvalue weighted by atomic mass is 10.2. The van der Waals surface area contributed by atoms with Crippen molar-refractivity contribution >= 4 is 27.3 Å². The van der Waals surface area contributed by atoms with E-state index in [1.807, 2.05) is 6.92 Å². The van der Waals surface area contributed by atoms with Gasteiger partial charge in [-0.05, 0) is 31.2 Å². The zero-order chi connectivity index (χ0) is 19.4. The molecule has 0 atom stereocenters. The van der Waals surface area contributed by atoms with Crippen LogP contribution in [-0.4, -0.2) is 40.5 Å². The first-order chi connectivity index (χ1) is 12.9. The lowest BCUT2D eigenvalue weighted by Crippen LogP contribution is -2.37. The fourth-order valence-corrected chi connectivity index (χ4v) is 3.45. The summed E-state index contributed by atoms with van der Waals surface area (Å²) in [7, 11) is -3.67. The first-order valence-electron chi connectivity index (χ1n) is 8.27. The predicted molar refractivity (Wildman–Crippen MR) is 101 cm³/mol. The zero-order valence-electron chi connectivity index (χ0n) is 15.0. The van der Waals surface area contributed by atoms with Crippen molar-refractivity contribution in [1.82, 2.24) is 0 Å². The van der Waals surface area contributed by atoms with Crippen LogP contribution in [0.5, 0.6) is 17.2 Å². The molecular weight excluding hydrogens is 372 g/mol. The Balaban J connectivity index is 1.76. The van der Waals surface area contributed by atoms with Gasteiger partial charge in [0.25, 0.3) is 0 Å². The Bertz CT molecular complexity index is 945. The lowest BCUT2D eigenvalue weighted by Gasteiger charge is -2.22. The first kappa shape index (κ1) is 18.8. The van der Waals surface area contributed by atoms with E-state index in [4.69, 9.17) is 14.2 Å². The van der Waals surface area contributed by atoms with E-state index in [1.54, 1.807) is 42.5 Å². The van der Waals surface area contributed by atoms with Crippen LogP contribution >= 0.6 is 0 Å². The highest BCUT2D eigenvalue weighted by atomic mass is 32.2. The van der Waals surface area contributed by atoms with Gasteiger partial charge >= 0.3 is 0 Å². The van der Waals surface area contributed by atoms with Gasteiger partial charge in [0.1, 0.15) is 12.3 Å². The number of benzene rings is 2. The molecule has 2 aromatic carbocycles. The van der Waals surface area contributed by atoms with Crippen molar-refractivity contribution in [2.45, 2.75) is 6.92 Å². The summed E-state index contributed by atoms with van der Waals surface area (Å²) in [6.45, 7) is 2.04. The number of fused-ring (bicyclic) bond motifs is 1. The third-order valence-electron chi connectivity index (χ3n) is 3.76. The molecule has 27 heavy (non-hydrogen) atoms. The molecule has 8 nitrogen and oxygen atoms in total. The van der Waals surface area contributed by atoms with Crippen LogP contribution in [0.25, 0.3) is 0 Å². The van der Waals surface area contributed by atoms with Crippen LogP contribution in [0.15, 0.2) is 42.5 Å². The molecular formula is C18H20N2O6S. The molecule has 2 aromatic rings. The number of carbonyl (C=O) groups is 1. The van der Waals surface area contributed by atoms with Gasteiger partial charge in [-0.2, -0.15) is 0 Å². The van der Waals surface area contributed by atoms with Gasteiger partial charge in [0.2, 0.25) is 22.7 Å². The standard InChI is InChI=1S/C18H20N2O6S/c1-3-24-15-6-4-5-14(10-15)20(27(2,22)23)11-18(21)19-13-7-8-16-17(9-13)26-12-25-16/h4-10H,3,11-12H2,1-2H3,(H,19,21). The molecule has 0 spiro atoms. The topological polar surface area (TPSA) is 94.2 Å². The van der Waals surface area contributed by atoms with E-state index in [1.165, 1.54) is 0 Å². The number of nitrogens with zero attached hydrogens (tertiary/aromatic N) is 1. The SMILES string of the molecule is CCOc1cccc(N(CC(=O)Nc2ccc3c(c2)OCO3)S(C)(=O)=O)c1. The second-order valence-corrected chi connectivity index (χ2v) is 7.72. The lowest BCUT2D eigenvalue weighted by molar-refractivity contribution is -0.114. The molecule has 9 heteroatoms. The van der Waals surface area contributed by atoms with E-state index < -0.39 is 15.9 Å². The van der Waals surface area contributed by atoms with Crippen molar-refractivity contribution in [3.05, 3.63) is 42.5 Å². The van der Waals surface area contributed by atoms with Crippen LogP contribution in [0, 0.1) is 0 Å². The van der Waals surface area contributed by atoms with Crippen LogP contribution in [0.3, 0.4) is 0 Å². The number of hydrogen-bond acceptors (Lipinski definition) is 6. The van der Waals surface area contributed by atoms with E-state index in [0.29, 0.717) is 35.2 Å². The van der Waals surface area contributed by atoms with Crippen LogP contribution in [0.2, 0.25) is 0 Å². The third kappa shape index (κ3) is 4.62. The number of anilines is 2. The van der Waals surface area contributed by atoms with Crippen LogP contribution in [-0.2, 0) is 14.8 Å². The second kappa shape index (κ2) is 7.75. The zero-order valence-corrected chi connectivity index (χ0v) is 15.8. The van der Waals surface area contributed by atoms with Crippen molar-refractivity contribution in [3.8, 4) is 17.2 Å². The summed E-state index contributed by atoms with van der Waals surface area (Å²) in [5.41, 5.74) is 0.838. The summed E-state index contributed by atoms with van der Waals surface area (Å²) in [5.74, 6) is 1.16. The molecule has 0 radical (unpaired) electrons. The average molecular weight is 392 g/mol. The Morgan fingerprint density at radius 2 is 1.96 bits per heavy atom. The number of amides is 1. The van der Waals surface area contributed by atoms with Gasteiger partial charge in [-0.1, -0.05) is 6.07 Å². The molecule has 144 valence electrons. The largest absolute Gasteiger partial charge is 0.494 e. The number of rotatable bonds is 7. The Morgan fingerprint density at radius 3 is 2.70 bits per heavy atom. The Labute approximate surface area is 157 Å². The summed E-state index contributed by atoms with van der Waals surface area (Å²) in [6.07, 6.45) is 1.05. The maximum absolute atomic E-state index is 12.4. The fourth-order valence-electron chi connectivity index (χ4n) is 2.60. The molecule has 3 rings (SSSR count). The summed E-state index contributed by atoms with van der Waals surface area (Å²) in [6, 6.07) is 11.6. The minimum absolute atomic E-state index is 0.130. The van der Waals surface area contributed by atoms with Crippen LogP contribution in [0.1, 0.15) is 6.92 Å². The maximum atomic E-state index is 12.4. The van der Waals surface area contributed by atoms with Crippen molar-refractivity contribution in [2.24, 2.45) is 0 Å². The Kier molecular flexibility index (Phi) is 5.41. The molecule has 0 aromatic heterocycles. The summed E-state index contributed by atoms with van der Waals surface area (Å²) in [4.78, 5) is 12.4. The summed E-state index contributed by atoms with van der Waals surface area (Å²) >= 11 is 0. The normalized spacial score (nSPS) is 12.5. The van der Waals surface area contributed by atoms with Crippen molar-refractivity contribution < 1.29 is 27.4 Å². The Hall–Kier alpha value is -2.94. The van der Waals surface area contributed by atoms with E-state index in [0.717, 1.165) is 10.6 Å². The van der Waals surface area contributed by atoms with Gasteiger partial charge in [-0.25, -0.2) is 8.42 Å². The molecule has 0 saturated heterocycles. The fraction of sp³-hybridized carbons (Fsp3) is 0.278. The molecule has 0 aliphatic carbocycles. The highest BCUT2D eigenvalue weighted by Gasteiger charge is 2.22. The number of ether oxygens (including phenoxy) is 3. The predicted octanol–water partition coefficient (Wildman–Crippen LogP) is 2.22. The summed E-state index contributed by atoms with van der Waals surface area (Å²) in [5, 5.41) is 2.67. The Morgan fingerprint density at radius 1 is 1.19 bits per heavy atom. The minimum atomic E-state index is -3.67. The van der Waals surface area contributed by atoms with E-state index in [9.17, 15) is 13.2 Å². The van der Waals surface area contributed by atoms with Gasteiger partial charge < -0.3 is 19.5 Å². The van der Waals surface area contributed by atoms with E-state index >= 15 is 0 Å². The van der Waals surface area contributed by atoms with E-state index in [-0.39, 0.29) is 13.3 Å². The average Bonchev–Trinajstić information content (AvgIpc) is 3.07. The molecule has 0 saturated carbocycles. The van der Waals surface area contributed by atoms with Crippen molar-refractivity contribution in [3.63, 3.8) is 0 Å². The van der Waals surface area contributed by atoms with E-state index in [2.05, 4.69) is 5.32 Å². The van der Waals surface area contributed by atoms with Crippen LogP contribution < -0.4 is 23.8 Å². The molecule has 1 N–H and O–H groups in total. The third-order valence-corrected chi connectivity index (χ3v) is 4.90. The maximum Gasteiger partial charge on any atom is 0.245 e. The highest BCUT2D eigenvalue weighted by molar-refractivity contribution is 7.92. The molecule has 0 unspecified atom stereocenters. The van der Waals surface area contributed by atoms with Crippen LogP contribution in [0.4, 0.5) is 11.4 Å². The summed E-state index contributed by atoms with van der Waals surface area (Å²) < 4.78 is 41.3. The second-order valence-electron chi connectivity index (χ2n) is 5.82. The number of nitrogens with one attached hydrogen (secondary N) is 1. The van der Waals surface area contributed by atoms with Crippen molar-refractivity contribution in [2.75, 3.05) is 35.8 Å². The first-order valence-corrected chi connectivity index (χ1v) is 10.1. The van der Waals surface area contributed by atoms with Gasteiger partial charge in [-0.3, -0.25) is 9.10 Å². The molecule has 1 amide bonds. The monoisotopic (exact) mass is 392 g/mol. The van der Waals surface area contributed by atoms with Gasteiger partial charge in [-0.15, -0.1) is 0 Å². The molecule has 1 aliphatic heterocycles. The number of carbonyl (C=O) groups excluding carboxylic acids is 1. The molecule has 0 bridgehead atoms. The van der Waals surface area contributed by atoms with Gasteiger partial charge in [0, 0.05) is 17.8 Å². The quantitative estimate of drug-likeness (QED) is 0.777. The van der Waals surface area contributed by atoms with Crippen molar-refractivity contribution in [1.29, 1.82) is 0 Å². The van der Waals surface area contributed by atoms with Gasteiger partial charge in [0.05, 0.1) is 18.6 Å². The molecule has 1 aliphatic rings. The molecule has 0 fully saturated rings. The molecule has 1 heterocycles. The number of hydrogen-bond donors (Lipinski definition) is 1.